The highest BCUT2D eigenvalue weighted by molar-refractivity contribution is 6.30. The van der Waals surface area contributed by atoms with Crippen LogP contribution >= 0.6 is 11.6 Å². The number of likely N-dealkylation sites (tertiary alicyclic amines) is 1. The van der Waals surface area contributed by atoms with Gasteiger partial charge in [0, 0.05) is 31.9 Å². The van der Waals surface area contributed by atoms with E-state index in [1.165, 1.54) is 0 Å². The third-order valence-corrected chi connectivity index (χ3v) is 3.90. The minimum atomic E-state index is 0.285. The van der Waals surface area contributed by atoms with Crippen LogP contribution in [0.25, 0.3) is 5.65 Å². The van der Waals surface area contributed by atoms with E-state index in [1.54, 1.807) is 0 Å². The smallest absolute Gasteiger partial charge is 0.137 e. The Morgan fingerprint density at radius 2 is 2.28 bits per heavy atom. The van der Waals surface area contributed by atoms with E-state index in [4.69, 9.17) is 17.3 Å². The van der Waals surface area contributed by atoms with Crippen molar-refractivity contribution >= 4 is 17.2 Å². The monoisotopic (exact) mass is 264 g/mol. The van der Waals surface area contributed by atoms with E-state index in [9.17, 15) is 0 Å². The fourth-order valence-electron chi connectivity index (χ4n) is 2.58. The molecule has 0 aromatic carbocycles. The van der Waals surface area contributed by atoms with Crippen LogP contribution in [0.15, 0.2) is 24.5 Å². The first kappa shape index (κ1) is 12.0. The molecule has 2 unspecified atom stereocenters. The van der Waals surface area contributed by atoms with E-state index >= 15 is 0 Å². The topological polar surface area (TPSA) is 46.6 Å². The molecule has 2 N–H and O–H groups in total. The average Bonchev–Trinajstić information content (AvgIpc) is 2.85. The van der Waals surface area contributed by atoms with E-state index in [0.717, 1.165) is 36.0 Å². The minimum absolute atomic E-state index is 0.285. The van der Waals surface area contributed by atoms with E-state index < -0.39 is 0 Å². The van der Waals surface area contributed by atoms with E-state index in [-0.39, 0.29) is 6.04 Å². The number of hydrogen-bond acceptors (Lipinski definition) is 3. The number of halogens is 1. The second-order valence-electron chi connectivity index (χ2n) is 5.16. The molecule has 2 aromatic rings. The highest BCUT2D eigenvalue weighted by Crippen LogP contribution is 2.19. The molecular weight excluding hydrogens is 248 g/mol. The Bertz CT molecular complexity index is 555. The Kier molecular flexibility index (Phi) is 3.01. The van der Waals surface area contributed by atoms with Gasteiger partial charge >= 0.3 is 0 Å². The fraction of sp³-hybridized carbons (Fsp3) is 0.462. The maximum atomic E-state index is 6.05. The molecule has 3 heterocycles. The zero-order valence-corrected chi connectivity index (χ0v) is 11.1. The number of pyridine rings is 1. The molecule has 1 aliphatic rings. The largest absolute Gasteiger partial charge is 0.326 e. The molecule has 1 fully saturated rings. The van der Waals surface area contributed by atoms with Crippen molar-refractivity contribution in [3.05, 3.63) is 35.2 Å². The standard InChI is InChI=1S/C13H17ClN4/c1-9-5-17(8-12(9)15)7-11-4-16-13-3-2-10(14)6-18(11)13/h2-4,6,9,12H,5,7-8,15H2,1H3. The SMILES string of the molecule is CC1CN(Cc2cnc3ccc(Cl)cn23)CC1N. The summed E-state index contributed by atoms with van der Waals surface area (Å²) in [6.45, 7) is 5.08. The molecule has 0 spiro atoms. The van der Waals surface area contributed by atoms with Crippen molar-refractivity contribution in [3.8, 4) is 0 Å². The Hall–Kier alpha value is -1.10. The van der Waals surface area contributed by atoms with Crippen LogP contribution in [0.3, 0.4) is 0 Å². The van der Waals surface area contributed by atoms with Crippen molar-refractivity contribution in [2.75, 3.05) is 13.1 Å². The molecule has 0 saturated carbocycles. The van der Waals surface area contributed by atoms with Gasteiger partial charge in [0.05, 0.1) is 16.9 Å². The van der Waals surface area contributed by atoms with Gasteiger partial charge in [-0.15, -0.1) is 0 Å². The predicted molar refractivity (Wildman–Crippen MR) is 72.6 cm³/mol. The van der Waals surface area contributed by atoms with Crippen LogP contribution < -0.4 is 5.73 Å². The van der Waals surface area contributed by atoms with Gasteiger partial charge in [0.15, 0.2) is 0 Å². The van der Waals surface area contributed by atoms with Gasteiger partial charge in [-0.05, 0) is 18.1 Å². The molecule has 96 valence electrons. The molecule has 1 aliphatic heterocycles. The van der Waals surface area contributed by atoms with Crippen LogP contribution in [0.4, 0.5) is 0 Å². The summed E-state index contributed by atoms with van der Waals surface area (Å²) in [5.74, 6) is 0.563. The van der Waals surface area contributed by atoms with Gasteiger partial charge in [0.2, 0.25) is 0 Å². The summed E-state index contributed by atoms with van der Waals surface area (Å²) < 4.78 is 2.05. The summed E-state index contributed by atoms with van der Waals surface area (Å²) in [5.41, 5.74) is 8.15. The Labute approximate surface area is 111 Å². The van der Waals surface area contributed by atoms with Crippen LogP contribution in [-0.4, -0.2) is 33.4 Å². The third-order valence-electron chi connectivity index (χ3n) is 3.68. The van der Waals surface area contributed by atoms with Crippen molar-refractivity contribution in [2.24, 2.45) is 11.7 Å². The third kappa shape index (κ3) is 2.11. The molecule has 5 heteroatoms. The van der Waals surface area contributed by atoms with Crippen molar-refractivity contribution in [1.29, 1.82) is 0 Å². The lowest BCUT2D eigenvalue weighted by atomic mass is 10.1. The molecule has 4 nitrogen and oxygen atoms in total. The zero-order chi connectivity index (χ0) is 12.7. The number of nitrogens with two attached hydrogens (primary N) is 1. The molecule has 0 amide bonds. The lowest BCUT2D eigenvalue weighted by molar-refractivity contribution is 0.314. The molecule has 2 aromatic heterocycles. The number of aromatic nitrogens is 2. The summed E-state index contributed by atoms with van der Waals surface area (Å²) in [7, 11) is 0. The van der Waals surface area contributed by atoms with Gasteiger partial charge in [-0.2, -0.15) is 0 Å². The van der Waals surface area contributed by atoms with Gasteiger partial charge < -0.3 is 10.1 Å². The van der Waals surface area contributed by atoms with Crippen molar-refractivity contribution in [3.63, 3.8) is 0 Å². The lowest BCUT2D eigenvalue weighted by Gasteiger charge is -2.14. The zero-order valence-electron chi connectivity index (χ0n) is 10.4. The van der Waals surface area contributed by atoms with Gasteiger partial charge in [-0.1, -0.05) is 18.5 Å². The van der Waals surface area contributed by atoms with Crippen LogP contribution in [0.1, 0.15) is 12.6 Å². The Balaban J connectivity index is 1.85. The Morgan fingerprint density at radius 1 is 1.44 bits per heavy atom. The minimum Gasteiger partial charge on any atom is -0.326 e. The molecule has 2 atom stereocenters. The summed E-state index contributed by atoms with van der Waals surface area (Å²) in [6.07, 6.45) is 3.83. The molecule has 0 aliphatic carbocycles. The number of imidazole rings is 1. The normalized spacial score (nSPS) is 25.1. The Morgan fingerprint density at radius 3 is 3.00 bits per heavy atom. The van der Waals surface area contributed by atoms with Gasteiger partial charge in [0.1, 0.15) is 5.65 Å². The van der Waals surface area contributed by atoms with Crippen molar-refractivity contribution in [1.82, 2.24) is 14.3 Å². The van der Waals surface area contributed by atoms with Crippen LogP contribution in [0.2, 0.25) is 5.02 Å². The lowest BCUT2D eigenvalue weighted by Crippen LogP contribution is -2.28. The molecule has 0 bridgehead atoms. The summed E-state index contributed by atoms with van der Waals surface area (Å²) >= 11 is 6.03. The van der Waals surface area contributed by atoms with Crippen molar-refractivity contribution < 1.29 is 0 Å². The quantitative estimate of drug-likeness (QED) is 0.899. The first-order chi connectivity index (χ1) is 8.63. The first-order valence-corrected chi connectivity index (χ1v) is 6.60. The predicted octanol–water partition coefficient (Wildman–Crippen LogP) is 1.77. The number of hydrogen-bond donors (Lipinski definition) is 1. The van der Waals surface area contributed by atoms with Gasteiger partial charge in [-0.3, -0.25) is 4.90 Å². The van der Waals surface area contributed by atoms with Crippen molar-refractivity contribution in [2.45, 2.75) is 19.5 Å². The highest BCUT2D eigenvalue weighted by atomic mass is 35.5. The second kappa shape index (κ2) is 4.53. The molecule has 18 heavy (non-hydrogen) atoms. The van der Waals surface area contributed by atoms with Crippen LogP contribution in [-0.2, 0) is 6.54 Å². The molecule has 1 saturated heterocycles. The van der Waals surface area contributed by atoms with Crippen LogP contribution in [0, 0.1) is 5.92 Å². The number of rotatable bonds is 2. The summed E-state index contributed by atoms with van der Waals surface area (Å²) in [4.78, 5) is 6.76. The van der Waals surface area contributed by atoms with Gasteiger partial charge in [-0.25, -0.2) is 4.98 Å². The van der Waals surface area contributed by atoms with Crippen LogP contribution in [0.5, 0.6) is 0 Å². The second-order valence-corrected chi connectivity index (χ2v) is 5.60. The molecule has 3 rings (SSSR count). The fourth-order valence-corrected chi connectivity index (χ4v) is 2.74. The van der Waals surface area contributed by atoms with E-state index in [1.807, 2.05) is 24.5 Å². The maximum Gasteiger partial charge on any atom is 0.137 e. The maximum absolute atomic E-state index is 6.05. The molecular formula is C13H17ClN4. The number of fused-ring (bicyclic) bond motifs is 1. The van der Waals surface area contributed by atoms with E-state index in [2.05, 4.69) is 21.2 Å². The van der Waals surface area contributed by atoms with E-state index in [0.29, 0.717) is 5.92 Å². The summed E-state index contributed by atoms with van der Waals surface area (Å²) in [6, 6.07) is 4.08. The number of nitrogens with zero attached hydrogens (tertiary/aromatic N) is 3. The average molecular weight is 265 g/mol. The highest BCUT2D eigenvalue weighted by Gasteiger charge is 2.26. The molecule has 0 radical (unpaired) electrons. The summed E-state index contributed by atoms with van der Waals surface area (Å²) in [5, 5.41) is 0.730. The first-order valence-electron chi connectivity index (χ1n) is 6.23. The van der Waals surface area contributed by atoms with Gasteiger partial charge in [0.25, 0.3) is 0 Å².